The molecule has 0 bridgehead atoms. The smallest absolute Gasteiger partial charge is 0.316 e. The first-order valence-corrected chi connectivity index (χ1v) is 11.1. The predicted octanol–water partition coefficient (Wildman–Crippen LogP) is 2.83. The van der Waals surface area contributed by atoms with Gasteiger partial charge in [-0.1, -0.05) is 24.9 Å². The minimum absolute atomic E-state index is 0.00586. The van der Waals surface area contributed by atoms with Crippen molar-refractivity contribution in [2.45, 2.75) is 56.9 Å². The highest BCUT2D eigenvalue weighted by atomic mass is 32.2. The maximum atomic E-state index is 12.8. The Bertz CT molecular complexity index is 900. The van der Waals surface area contributed by atoms with Crippen molar-refractivity contribution in [1.82, 2.24) is 19.8 Å². The van der Waals surface area contributed by atoms with Crippen molar-refractivity contribution in [1.29, 1.82) is 0 Å². The zero-order valence-electron chi connectivity index (χ0n) is 16.2. The Labute approximate surface area is 165 Å². The van der Waals surface area contributed by atoms with Gasteiger partial charge in [-0.2, -0.15) is 9.29 Å². The first-order valence-electron chi connectivity index (χ1n) is 9.67. The molecule has 3 rings (SSSR count). The van der Waals surface area contributed by atoms with E-state index >= 15 is 0 Å². The molecule has 0 spiro atoms. The zero-order chi connectivity index (χ0) is 20.1. The van der Waals surface area contributed by atoms with Crippen LogP contribution in [0.5, 0.6) is 0 Å². The van der Waals surface area contributed by atoms with Gasteiger partial charge in [0.1, 0.15) is 0 Å². The summed E-state index contributed by atoms with van der Waals surface area (Å²) in [5.74, 6) is -0.293. The molecule has 1 aliphatic heterocycles. The van der Waals surface area contributed by atoms with Gasteiger partial charge in [-0.05, 0) is 50.5 Å². The third kappa shape index (κ3) is 4.59. The first kappa shape index (κ1) is 20.5. The monoisotopic (exact) mass is 406 g/mol. The number of carbonyl (C=O) groups is 1. The van der Waals surface area contributed by atoms with E-state index in [4.69, 9.17) is 4.52 Å². The Hall–Kier alpha value is -2.26. The van der Waals surface area contributed by atoms with E-state index in [-0.39, 0.29) is 22.7 Å². The van der Waals surface area contributed by atoms with E-state index in [1.807, 2.05) is 13.8 Å². The van der Waals surface area contributed by atoms with Crippen molar-refractivity contribution < 1.29 is 17.7 Å². The summed E-state index contributed by atoms with van der Waals surface area (Å²) in [7, 11) is -3.50. The number of amides is 1. The van der Waals surface area contributed by atoms with Gasteiger partial charge in [0.15, 0.2) is 0 Å². The summed E-state index contributed by atoms with van der Waals surface area (Å²) >= 11 is 0. The lowest BCUT2D eigenvalue weighted by molar-refractivity contribution is 0.0895. The number of hydrogen-bond donors (Lipinski definition) is 1. The van der Waals surface area contributed by atoms with Crippen molar-refractivity contribution >= 4 is 15.9 Å². The van der Waals surface area contributed by atoms with Crippen LogP contribution in [0.4, 0.5) is 0 Å². The van der Waals surface area contributed by atoms with Crippen LogP contribution in [-0.2, 0) is 10.0 Å². The second-order valence-electron chi connectivity index (χ2n) is 7.05. The topological polar surface area (TPSA) is 105 Å². The molecule has 0 radical (unpaired) electrons. The molecule has 152 valence electrons. The number of nitrogens with one attached hydrogen (secondary N) is 1. The summed E-state index contributed by atoms with van der Waals surface area (Å²) in [6.45, 7) is 4.97. The Kier molecular flexibility index (Phi) is 6.46. The van der Waals surface area contributed by atoms with Crippen LogP contribution < -0.4 is 5.32 Å². The maximum absolute atomic E-state index is 12.8. The van der Waals surface area contributed by atoms with E-state index in [1.165, 1.54) is 0 Å². The Morgan fingerprint density at radius 1 is 1.18 bits per heavy atom. The molecule has 1 aromatic carbocycles. The summed E-state index contributed by atoms with van der Waals surface area (Å²) in [4.78, 5) is 16.4. The molecule has 0 saturated carbocycles. The second kappa shape index (κ2) is 8.83. The van der Waals surface area contributed by atoms with Gasteiger partial charge in [-0.3, -0.25) is 4.79 Å². The molecule has 1 saturated heterocycles. The Morgan fingerprint density at radius 2 is 1.82 bits per heavy atom. The van der Waals surface area contributed by atoms with Crippen LogP contribution >= 0.6 is 0 Å². The zero-order valence-corrected chi connectivity index (χ0v) is 17.0. The van der Waals surface area contributed by atoms with Gasteiger partial charge in [0.2, 0.25) is 15.8 Å². The highest BCUT2D eigenvalue weighted by Crippen LogP contribution is 2.23. The largest absolute Gasteiger partial charge is 0.345 e. The van der Waals surface area contributed by atoms with E-state index in [0.717, 1.165) is 32.1 Å². The fourth-order valence-corrected chi connectivity index (χ4v) is 4.54. The third-order valence-electron chi connectivity index (χ3n) is 4.93. The average Bonchev–Trinajstić information content (AvgIpc) is 3.03. The Morgan fingerprint density at radius 3 is 2.43 bits per heavy atom. The molecular formula is C19H26N4O4S. The van der Waals surface area contributed by atoms with E-state index in [1.54, 1.807) is 28.6 Å². The van der Waals surface area contributed by atoms with Crippen LogP contribution in [0.25, 0.3) is 11.4 Å². The van der Waals surface area contributed by atoms with Gasteiger partial charge in [-0.15, -0.1) is 0 Å². The van der Waals surface area contributed by atoms with E-state index in [9.17, 15) is 13.2 Å². The highest BCUT2D eigenvalue weighted by Gasteiger charge is 2.25. The van der Waals surface area contributed by atoms with Gasteiger partial charge in [0.05, 0.1) is 4.90 Å². The number of nitrogens with zero attached hydrogens (tertiary/aromatic N) is 3. The molecule has 1 aliphatic rings. The molecule has 2 heterocycles. The van der Waals surface area contributed by atoms with Crippen LogP contribution in [-0.4, -0.2) is 47.9 Å². The summed E-state index contributed by atoms with van der Waals surface area (Å²) in [6.07, 6.45) is 4.70. The number of carbonyl (C=O) groups excluding carboxylic acids is 1. The number of aromatic nitrogens is 2. The molecule has 9 heteroatoms. The summed E-state index contributed by atoms with van der Waals surface area (Å²) in [5.41, 5.74) is 0.584. The van der Waals surface area contributed by atoms with Gasteiger partial charge >= 0.3 is 11.8 Å². The lowest BCUT2D eigenvalue weighted by atomic mass is 10.2. The van der Waals surface area contributed by atoms with Crippen LogP contribution in [0.3, 0.4) is 0 Å². The van der Waals surface area contributed by atoms with Gasteiger partial charge in [0, 0.05) is 24.7 Å². The highest BCUT2D eigenvalue weighted by molar-refractivity contribution is 7.89. The second-order valence-corrected chi connectivity index (χ2v) is 8.99. The fourth-order valence-electron chi connectivity index (χ4n) is 3.03. The van der Waals surface area contributed by atoms with E-state index < -0.39 is 15.9 Å². The predicted molar refractivity (Wildman–Crippen MR) is 104 cm³/mol. The lowest BCUT2D eigenvalue weighted by Gasteiger charge is -2.19. The average molecular weight is 407 g/mol. The molecule has 1 atom stereocenters. The third-order valence-corrected chi connectivity index (χ3v) is 6.84. The van der Waals surface area contributed by atoms with Crippen molar-refractivity contribution in [3.63, 3.8) is 0 Å². The van der Waals surface area contributed by atoms with Gasteiger partial charge in [-0.25, -0.2) is 8.42 Å². The fraction of sp³-hybridized carbons (Fsp3) is 0.526. The lowest BCUT2D eigenvalue weighted by Crippen LogP contribution is -2.32. The van der Waals surface area contributed by atoms with Crippen LogP contribution in [0.2, 0.25) is 0 Å². The number of sulfonamides is 1. The van der Waals surface area contributed by atoms with Crippen molar-refractivity contribution in [2.24, 2.45) is 0 Å². The molecular weight excluding hydrogens is 380 g/mol. The molecule has 1 amide bonds. The molecule has 1 N–H and O–H groups in total. The molecule has 1 aromatic heterocycles. The maximum Gasteiger partial charge on any atom is 0.316 e. The number of rotatable bonds is 6. The molecule has 1 unspecified atom stereocenters. The molecule has 2 aromatic rings. The molecule has 0 aliphatic carbocycles. The summed E-state index contributed by atoms with van der Waals surface area (Å²) in [6, 6.07) is 6.36. The van der Waals surface area contributed by atoms with Crippen molar-refractivity contribution in [3.8, 4) is 11.4 Å². The minimum Gasteiger partial charge on any atom is -0.345 e. The van der Waals surface area contributed by atoms with Crippen molar-refractivity contribution in [2.75, 3.05) is 13.1 Å². The van der Waals surface area contributed by atoms with E-state index in [2.05, 4.69) is 15.5 Å². The molecule has 1 fully saturated rings. The van der Waals surface area contributed by atoms with Crippen LogP contribution in [0.15, 0.2) is 33.7 Å². The molecule has 8 nitrogen and oxygen atoms in total. The van der Waals surface area contributed by atoms with Gasteiger partial charge in [0.25, 0.3) is 0 Å². The summed E-state index contributed by atoms with van der Waals surface area (Å²) in [5, 5.41) is 6.59. The Balaban J connectivity index is 1.75. The standard InChI is InChI=1S/C19H26N4O4S/c1-3-14(2)20-18(24)19-21-17(22-27-19)15-8-10-16(11-9-15)28(25,26)23-12-6-4-5-7-13-23/h8-11,14H,3-7,12-13H2,1-2H3,(H,20,24). The van der Waals surface area contributed by atoms with Crippen molar-refractivity contribution in [3.05, 3.63) is 30.2 Å². The van der Waals surface area contributed by atoms with E-state index in [0.29, 0.717) is 18.7 Å². The number of benzene rings is 1. The van der Waals surface area contributed by atoms with Crippen LogP contribution in [0, 0.1) is 0 Å². The SMILES string of the molecule is CCC(C)NC(=O)c1nc(-c2ccc(S(=O)(=O)N3CCCCCC3)cc2)no1. The summed E-state index contributed by atoms with van der Waals surface area (Å²) < 4.78 is 32.3. The number of hydrogen-bond acceptors (Lipinski definition) is 6. The first-order chi connectivity index (χ1) is 13.4. The minimum atomic E-state index is -3.50. The van der Waals surface area contributed by atoms with Gasteiger partial charge < -0.3 is 9.84 Å². The quantitative estimate of drug-likeness (QED) is 0.791. The molecule has 28 heavy (non-hydrogen) atoms. The van der Waals surface area contributed by atoms with Crippen LogP contribution in [0.1, 0.15) is 56.6 Å². The normalized spacial score (nSPS) is 17.1.